The lowest BCUT2D eigenvalue weighted by atomic mass is 10.1. The molecule has 3 amide bonds. The van der Waals surface area contributed by atoms with Crippen LogP contribution >= 0.6 is 11.8 Å². The molecule has 0 fully saturated rings. The molecule has 3 N–H and O–H groups in total. The number of carbonyl (C=O) groups excluding carboxylic acids is 3. The lowest BCUT2D eigenvalue weighted by Gasteiger charge is -2.19. The standard InChI is InChI=1S/C40H37N3O6S/c1-4-49-35-18-12-11-17-33(35)42-40(46)37(27-13-7-5-8-14-27)50-32-23-20-30(21-24-32)41-39(45)34(43-38(44)28-15-9-6-10-16-28)25-29-19-22-31(47-2)26-36(29)48-3/h5-26,37H,4H2,1-3H3,(H,41,45)(H,42,46)(H,43,44)/b34-25-. The van der Waals surface area contributed by atoms with Crippen molar-refractivity contribution in [1.29, 1.82) is 0 Å². The van der Waals surface area contributed by atoms with E-state index in [0.717, 1.165) is 10.5 Å². The van der Waals surface area contributed by atoms with Crippen LogP contribution in [0, 0.1) is 0 Å². The van der Waals surface area contributed by atoms with E-state index in [1.807, 2.05) is 73.7 Å². The topological polar surface area (TPSA) is 115 Å². The molecule has 0 aliphatic carbocycles. The molecule has 0 aliphatic heterocycles. The Morgan fingerprint density at radius 2 is 1.42 bits per heavy atom. The first-order chi connectivity index (χ1) is 24.4. The summed E-state index contributed by atoms with van der Waals surface area (Å²) in [5, 5.41) is 8.07. The molecular weight excluding hydrogens is 651 g/mol. The lowest BCUT2D eigenvalue weighted by Crippen LogP contribution is -2.30. The number of anilines is 2. The normalized spacial score (nSPS) is 11.5. The van der Waals surface area contributed by atoms with Gasteiger partial charge in [-0.25, -0.2) is 0 Å². The van der Waals surface area contributed by atoms with Crippen molar-refractivity contribution < 1.29 is 28.6 Å². The zero-order valence-electron chi connectivity index (χ0n) is 27.8. The number of benzene rings is 5. The molecule has 5 rings (SSSR count). The first-order valence-corrected chi connectivity index (χ1v) is 16.7. The molecule has 0 bridgehead atoms. The van der Waals surface area contributed by atoms with Crippen LogP contribution in [0.25, 0.3) is 6.08 Å². The average molecular weight is 688 g/mol. The van der Waals surface area contributed by atoms with E-state index in [1.165, 1.54) is 18.9 Å². The number of ether oxygens (including phenoxy) is 3. The van der Waals surface area contributed by atoms with Gasteiger partial charge in [0.1, 0.15) is 28.2 Å². The van der Waals surface area contributed by atoms with Gasteiger partial charge in [-0.1, -0.05) is 60.7 Å². The van der Waals surface area contributed by atoms with Crippen LogP contribution < -0.4 is 30.2 Å². The van der Waals surface area contributed by atoms with Gasteiger partial charge < -0.3 is 30.2 Å². The third-order valence-corrected chi connectivity index (χ3v) is 8.69. The van der Waals surface area contributed by atoms with E-state index < -0.39 is 17.1 Å². The first kappa shape index (κ1) is 35.3. The molecule has 10 heteroatoms. The van der Waals surface area contributed by atoms with Gasteiger partial charge in [0.05, 0.1) is 26.5 Å². The van der Waals surface area contributed by atoms with Gasteiger partial charge in [-0.05, 0) is 79.2 Å². The van der Waals surface area contributed by atoms with Crippen molar-refractivity contribution in [3.8, 4) is 17.2 Å². The van der Waals surface area contributed by atoms with E-state index in [9.17, 15) is 14.4 Å². The van der Waals surface area contributed by atoms with E-state index in [-0.39, 0.29) is 11.6 Å². The summed E-state index contributed by atoms with van der Waals surface area (Å²) in [4.78, 5) is 41.3. The second-order valence-electron chi connectivity index (χ2n) is 10.8. The predicted molar refractivity (Wildman–Crippen MR) is 198 cm³/mol. The van der Waals surface area contributed by atoms with E-state index in [2.05, 4.69) is 16.0 Å². The number of hydrogen-bond donors (Lipinski definition) is 3. The van der Waals surface area contributed by atoms with Crippen LogP contribution in [-0.4, -0.2) is 38.5 Å². The molecule has 0 saturated carbocycles. The zero-order valence-corrected chi connectivity index (χ0v) is 28.7. The number of hydrogen-bond acceptors (Lipinski definition) is 7. The second kappa shape index (κ2) is 17.4. The quantitative estimate of drug-likeness (QED) is 0.0801. The van der Waals surface area contributed by atoms with E-state index in [0.29, 0.717) is 46.4 Å². The molecule has 0 saturated heterocycles. The van der Waals surface area contributed by atoms with Crippen LogP contribution in [0.4, 0.5) is 11.4 Å². The lowest BCUT2D eigenvalue weighted by molar-refractivity contribution is -0.116. The second-order valence-corrected chi connectivity index (χ2v) is 12.0. The fraction of sp³-hybridized carbons (Fsp3) is 0.125. The number of nitrogens with one attached hydrogen (secondary N) is 3. The SMILES string of the molecule is CCOc1ccccc1NC(=O)C(Sc1ccc(NC(=O)/C(=C/c2ccc(OC)cc2OC)NC(=O)c2ccccc2)cc1)c1ccccc1. The van der Waals surface area contributed by atoms with Crippen molar-refractivity contribution in [3.63, 3.8) is 0 Å². The molecule has 5 aromatic carbocycles. The van der Waals surface area contributed by atoms with E-state index in [4.69, 9.17) is 14.2 Å². The summed E-state index contributed by atoms with van der Waals surface area (Å²) in [5.41, 5.74) is 2.88. The molecule has 0 radical (unpaired) electrons. The number of para-hydroxylation sites is 2. The summed E-state index contributed by atoms with van der Waals surface area (Å²) in [6.45, 7) is 2.36. The van der Waals surface area contributed by atoms with Crippen molar-refractivity contribution in [2.75, 3.05) is 31.5 Å². The average Bonchev–Trinajstić information content (AvgIpc) is 3.15. The molecule has 0 aromatic heterocycles. The minimum Gasteiger partial charge on any atom is -0.497 e. The molecule has 1 unspecified atom stereocenters. The molecule has 9 nitrogen and oxygen atoms in total. The van der Waals surface area contributed by atoms with Crippen molar-refractivity contribution in [2.24, 2.45) is 0 Å². The number of amides is 3. The third-order valence-electron chi connectivity index (χ3n) is 7.42. The molecule has 254 valence electrons. The smallest absolute Gasteiger partial charge is 0.272 e. The van der Waals surface area contributed by atoms with Crippen LogP contribution in [0.5, 0.6) is 17.2 Å². The maximum absolute atomic E-state index is 13.7. The van der Waals surface area contributed by atoms with Gasteiger partial charge in [0.2, 0.25) is 5.91 Å². The number of thioether (sulfide) groups is 1. The molecular formula is C40H37N3O6S. The minimum absolute atomic E-state index is 0.00826. The summed E-state index contributed by atoms with van der Waals surface area (Å²) in [6, 6.07) is 37.8. The highest BCUT2D eigenvalue weighted by molar-refractivity contribution is 8.00. The Hall–Kier alpha value is -6.00. The summed E-state index contributed by atoms with van der Waals surface area (Å²) >= 11 is 1.38. The van der Waals surface area contributed by atoms with Gasteiger partial charge in [0, 0.05) is 27.8 Å². The van der Waals surface area contributed by atoms with Crippen molar-refractivity contribution in [1.82, 2.24) is 5.32 Å². The Morgan fingerprint density at radius 1 is 0.740 bits per heavy atom. The van der Waals surface area contributed by atoms with Crippen LogP contribution in [0.1, 0.15) is 33.7 Å². The van der Waals surface area contributed by atoms with Crippen molar-refractivity contribution in [2.45, 2.75) is 17.1 Å². The van der Waals surface area contributed by atoms with Crippen LogP contribution in [-0.2, 0) is 9.59 Å². The van der Waals surface area contributed by atoms with E-state index >= 15 is 0 Å². The Morgan fingerprint density at radius 3 is 2.10 bits per heavy atom. The highest BCUT2D eigenvalue weighted by atomic mass is 32.2. The number of rotatable bonds is 14. The largest absolute Gasteiger partial charge is 0.497 e. The Bertz CT molecular complexity index is 1950. The zero-order chi connectivity index (χ0) is 35.3. The molecule has 50 heavy (non-hydrogen) atoms. The number of carbonyl (C=O) groups is 3. The van der Waals surface area contributed by atoms with Gasteiger partial charge in [0.25, 0.3) is 11.8 Å². The Labute approximate surface area is 295 Å². The maximum Gasteiger partial charge on any atom is 0.272 e. The van der Waals surface area contributed by atoms with Crippen LogP contribution in [0.15, 0.2) is 138 Å². The summed E-state index contributed by atoms with van der Waals surface area (Å²) in [6.07, 6.45) is 1.55. The minimum atomic E-state index is -0.575. The molecule has 5 aromatic rings. The predicted octanol–water partition coefficient (Wildman–Crippen LogP) is 7.98. The summed E-state index contributed by atoms with van der Waals surface area (Å²) in [5.74, 6) is 0.451. The van der Waals surface area contributed by atoms with Crippen molar-refractivity contribution in [3.05, 3.63) is 150 Å². The Kier molecular flexibility index (Phi) is 12.3. The van der Waals surface area contributed by atoms with Gasteiger partial charge in [0.15, 0.2) is 0 Å². The highest BCUT2D eigenvalue weighted by Gasteiger charge is 2.23. The van der Waals surface area contributed by atoms with Gasteiger partial charge >= 0.3 is 0 Å². The van der Waals surface area contributed by atoms with Crippen LogP contribution in [0.2, 0.25) is 0 Å². The maximum atomic E-state index is 13.7. The van der Waals surface area contributed by atoms with Crippen LogP contribution in [0.3, 0.4) is 0 Å². The van der Waals surface area contributed by atoms with Gasteiger partial charge in [-0.2, -0.15) is 0 Å². The summed E-state index contributed by atoms with van der Waals surface area (Å²) < 4.78 is 16.5. The molecule has 0 heterocycles. The molecule has 1 atom stereocenters. The monoisotopic (exact) mass is 687 g/mol. The third kappa shape index (κ3) is 9.33. The van der Waals surface area contributed by atoms with E-state index in [1.54, 1.807) is 73.8 Å². The molecule has 0 spiro atoms. The van der Waals surface area contributed by atoms with Crippen molar-refractivity contribution >= 4 is 46.9 Å². The summed E-state index contributed by atoms with van der Waals surface area (Å²) in [7, 11) is 3.06. The highest BCUT2D eigenvalue weighted by Crippen LogP contribution is 2.37. The fourth-order valence-electron chi connectivity index (χ4n) is 4.94. The van der Waals surface area contributed by atoms with Gasteiger partial charge in [-0.15, -0.1) is 11.8 Å². The Balaban J connectivity index is 1.36. The first-order valence-electron chi connectivity index (χ1n) is 15.8. The molecule has 0 aliphatic rings. The fourth-order valence-corrected chi connectivity index (χ4v) is 5.96. The number of methoxy groups -OCH3 is 2. The van der Waals surface area contributed by atoms with Gasteiger partial charge in [-0.3, -0.25) is 14.4 Å².